The van der Waals surface area contributed by atoms with E-state index in [9.17, 15) is 9.59 Å². The monoisotopic (exact) mass is 430 g/mol. The summed E-state index contributed by atoms with van der Waals surface area (Å²) >= 11 is 6.08. The van der Waals surface area contributed by atoms with Gasteiger partial charge in [-0.2, -0.15) is 0 Å². The fourth-order valence-corrected chi connectivity index (χ4v) is 3.33. The Kier molecular flexibility index (Phi) is 11.2. The molecule has 0 amide bonds. The van der Waals surface area contributed by atoms with E-state index >= 15 is 0 Å². The minimum atomic E-state index is -2.27. The maximum Gasteiger partial charge on any atom is 0.335 e. The maximum atomic E-state index is 9.77. The van der Waals surface area contributed by atoms with Gasteiger partial charge in [-0.3, -0.25) is 4.90 Å². The first-order valence-electron chi connectivity index (χ1n) is 9.59. The van der Waals surface area contributed by atoms with Gasteiger partial charge in [-0.1, -0.05) is 37.6 Å². The number of benzene rings is 1. The number of hydrogen-bond acceptors (Lipinski definition) is 6. The van der Waals surface area contributed by atoms with E-state index in [2.05, 4.69) is 36.2 Å². The van der Waals surface area contributed by atoms with Gasteiger partial charge >= 0.3 is 11.9 Å². The molecular weight excluding hydrogens is 400 g/mol. The number of aliphatic hydroxyl groups excluding tert-OH is 2. The summed E-state index contributed by atoms with van der Waals surface area (Å²) in [6.45, 7) is 10.3. The largest absolute Gasteiger partial charge is 0.479 e. The molecule has 0 aliphatic carbocycles. The molecule has 8 nitrogen and oxygen atoms in total. The van der Waals surface area contributed by atoms with Crippen molar-refractivity contribution < 1.29 is 30.0 Å². The van der Waals surface area contributed by atoms with Gasteiger partial charge in [-0.15, -0.1) is 0 Å². The number of carbonyl (C=O) groups is 2. The summed E-state index contributed by atoms with van der Waals surface area (Å²) in [4.78, 5) is 22.1. The normalized spacial score (nSPS) is 18.2. The summed E-state index contributed by atoms with van der Waals surface area (Å²) in [6.07, 6.45) is -3.22. The van der Waals surface area contributed by atoms with Crippen molar-refractivity contribution in [1.29, 1.82) is 0 Å². The van der Waals surface area contributed by atoms with Gasteiger partial charge < -0.3 is 25.7 Å². The lowest BCUT2D eigenvalue weighted by Gasteiger charge is -2.27. The van der Waals surface area contributed by atoms with Crippen LogP contribution in [-0.4, -0.2) is 75.7 Å². The molecule has 5 N–H and O–H groups in total. The highest BCUT2D eigenvalue weighted by Crippen LogP contribution is 2.16. The molecule has 0 bridgehead atoms. The molecule has 0 spiro atoms. The summed E-state index contributed by atoms with van der Waals surface area (Å²) in [5.74, 6) is -2.03. The Labute approximate surface area is 176 Å². The maximum absolute atomic E-state index is 9.77. The van der Waals surface area contributed by atoms with Crippen LogP contribution in [0, 0.1) is 11.8 Å². The minimum absolute atomic E-state index is 0.702. The number of carboxylic acids is 2. The van der Waals surface area contributed by atoms with Crippen molar-refractivity contribution in [1.82, 2.24) is 10.2 Å². The predicted molar refractivity (Wildman–Crippen MR) is 110 cm³/mol. The number of aliphatic hydroxyl groups is 2. The lowest BCUT2D eigenvalue weighted by atomic mass is 10.1. The molecule has 0 radical (unpaired) electrons. The molecule has 1 aromatic carbocycles. The minimum Gasteiger partial charge on any atom is -0.479 e. The summed E-state index contributed by atoms with van der Waals surface area (Å²) in [5, 5.41) is 36.8. The average Bonchev–Trinajstić information content (AvgIpc) is 3.13. The van der Waals surface area contributed by atoms with Gasteiger partial charge in [0.05, 0.1) is 0 Å². The molecule has 1 heterocycles. The standard InChI is InChI=1S/C16H25ClN2.C4H6O6/c1-13(2)10-19(12-15-6-7-18-9-15)11-14-4-3-5-16(17)8-14;5-1(3(7)8)2(6)4(9)10/h3-5,8,13,15,18H,6-7,9-12H2,1-2H3;1-2,5-6H,(H,7,8)(H,9,10)/t15-;1-,2-/m01/s1. The molecule has 29 heavy (non-hydrogen) atoms. The number of nitrogens with one attached hydrogen (secondary N) is 1. The Bertz CT molecular complexity index is 634. The Morgan fingerprint density at radius 3 is 2.28 bits per heavy atom. The van der Waals surface area contributed by atoms with Crippen LogP contribution < -0.4 is 5.32 Å². The zero-order valence-corrected chi connectivity index (χ0v) is 17.5. The molecule has 1 aliphatic rings. The predicted octanol–water partition coefficient (Wildman–Crippen LogP) is 1.28. The number of carboxylic acid groups (broad SMARTS) is 2. The van der Waals surface area contributed by atoms with Crippen LogP contribution >= 0.6 is 11.6 Å². The van der Waals surface area contributed by atoms with Crippen LogP contribution in [0.3, 0.4) is 0 Å². The molecule has 2 rings (SSSR count). The van der Waals surface area contributed by atoms with Crippen molar-refractivity contribution in [3.05, 3.63) is 34.9 Å². The molecule has 1 aliphatic heterocycles. The Balaban J connectivity index is 0.000000359. The van der Waals surface area contributed by atoms with Gasteiger partial charge in [0.1, 0.15) is 0 Å². The molecule has 3 atom stereocenters. The molecule has 164 valence electrons. The summed E-state index contributed by atoms with van der Waals surface area (Å²) in [7, 11) is 0. The molecule has 0 saturated carbocycles. The molecule has 1 fully saturated rings. The van der Waals surface area contributed by atoms with Crippen LogP contribution in [0.5, 0.6) is 0 Å². The summed E-state index contributed by atoms with van der Waals surface area (Å²) in [6, 6.07) is 8.25. The van der Waals surface area contributed by atoms with Gasteiger partial charge in [0.25, 0.3) is 0 Å². The Morgan fingerprint density at radius 2 is 1.83 bits per heavy atom. The van der Waals surface area contributed by atoms with E-state index < -0.39 is 24.1 Å². The highest BCUT2D eigenvalue weighted by atomic mass is 35.5. The zero-order chi connectivity index (χ0) is 22.0. The molecule has 0 aromatic heterocycles. The van der Waals surface area contributed by atoms with E-state index in [0.29, 0.717) is 5.92 Å². The number of rotatable bonds is 9. The van der Waals surface area contributed by atoms with Gasteiger partial charge in [0.15, 0.2) is 12.2 Å². The van der Waals surface area contributed by atoms with Crippen LogP contribution in [0.2, 0.25) is 5.02 Å². The third-order valence-electron chi connectivity index (χ3n) is 4.40. The fraction of sp³-hybridized carbons (Fsp3) is 0.600. The van der Waals surface area contributed by atoms with Crippen molar-refractivity contribution in [3.8, 4) is 0 Å². The molecule has 9 heteroatoms. The highest BCUT2D eigenvalue weighted by Gasteiger charge is 2.29. The summed E-state index contributed by atoms with van der Waals surface area (Å²) < 4.78 is 0. The van der Waals surface area contributed by atoms with E-state index in [1.165, 1.54) is 31.6 Å². The second kappa shape index (κ2) is 12.8. The van der Waals surface area contributed by atoms with Crippen LogP contribution in [0.25, 0.3) is 0 Å². The Hall–Kier alpha value is -1.71. The fourth-order valence-electron chi connectivity index (χ4n) is 3.12. The van der Waals surface area contributed by atoms with Crippen molar-refractivity contribution in [2.75, 3.05) is 26.2 Å². The van der Waals surface area contributed by atoms with E-state index in [4.69, 9.17) is 32.0 Å². The third kappa shape index (κ3) is 10.0. The van der Waals surface area contributed by atoms with Crippen LogP contribution in [0.4, 0.5) is 0 Å². The smallest absolute Gasteiger partial charge is 0.335 e. The van der Waals surface area contributed by atoms with Gasteiger partial charge in [-0.25, -0.2) is 9.59 Å². The van der Waals surface area contributed by atoms with E-state index in [0.717, 1.165) is 24.0 Å². The number of hydrogen-bond donors (Lipinski definition) is 5. The molecule has 1 saturated heterocycles. The van der Waals surface area contributed by atoms with E-state index in [1.807, 2.05) is 12.1 Å². The van der Waals surface area contributed by atoms with Crippen molar-refractivity contribution >= 4 is 23.5 Å². The zero-order valence-electron chi connectivity index (χ0n) is 16.8. The molecule has 0 unspecified atom stereocenters. The first-order chi connectivity index (χ1) is 13.6. The number of halogens is 1. The quantitative estimate of drug-likeness (QED) is 0.396. The van der Waals surface area contributed by atoms with E-state index in [-0.39, 0.29) is 0 Å². The topological polar surface area (TPSA) is 130 Å². The van der Waals surface area contributed by atoms with Crippen molar-refractivity contribution in [2.45, 2.75) is 39.0 Å². The highest BCUT2D eigenvalue weighted by molar-refractivity contribution is 6.30. The van der Waals surface area contributed by atoms with Crippen LogP contribution in [-0.2, 0) is 16.1 Å². The first-order valence-corrected chi connectivity index (χ1v) is 9.97. The second-order valence-electron chi connectivity index (χ2n) is 7.64. The number of nitrogens with zero attached hydrogens (tertiary/aromatic N) is 1. The average molecular weight is 431 g/mol. The Morgan fingerprint density at radius 1 is 1.21 bits per heavy atom. The van der Waals surface area contributed by atoms with Crippen molar-refractivity contribution in [3.63, 3.8) is 0 Å². The first kappa shape index (κ1) is 25.3. The van der Waals surface area contributed by atoms with Gasteiger partial charge in [-0.05, 0) is 49.0 Å². The van der Waals surface area contributed by atoms with Crippen molar-refractivity contribution in [2.24, 2.45) is 11.8 Å². The van der Waals surface area contributed by atoms with Gasteiger partial charge in [0.2, 0.25) is 0 Å². The lowest BCUT2D eigenvalue weighted by molar-refractivity contribution is -0.165. The molecule has 1 aromatic rings. The second-order valence-corrected chi connectivity index (χ2v) is 8.08. The van der Waals surface area contributed by atoms with Crippen LogP contribution in [0.1, 0.15) is 25.8 Å². The lowest BCUT2D eigenvalue weighted by Crippen LogP contribution is -2.39. The third-order valence-corrected chi connectivity index (χ3v) is 4.64. The summed E-state index contributed by atoms with van der Waals surface area (Å²) in [5.41, 5.74) is 1.32. The number of aliphatic carboxylic acids is 2. The van der Waals surface area contributed by atoms with Gasteiger partial charge in [0, 0.05) is 24.7 Å². The SMILES string of the molecule is CC(C)CN(Cc1cccc(Cl)c1)C[C@H]1CCNC1.O=C(O)[C@H](O)[C@@H](O)C(=O)O. The van der Waals surface area contributed by atoms with E-state index in [1.54, 1.807) is 0 Å². The van der Waals surface area contributed by atoms with Crippen LogP contribution in [0.15, 0.2) is 24.3 Å². The molecular formula is C20H31ClN2O6.